The van der Waals surface area contributed by atoms with Gasteiger partial charge in [-0.1, -0.05) is 59.7 Å². The fraction of sp³-hybridized carbons (Fsp3) is 0.409. The average molecular weight is 335 g/mol. The predicted octanol–water partition coefficient (Wildman–Crippen LogP) is 3.47. The molecule has 2 aromatic rings. The molecule has 3 nitrogen and oxygen atoms in total. The largest absolute Gasteiger partial charge is 0.378 e. The first kappa shape index (κ1) is 16.3. The smallest absolute Gasteiger partial charge is 0.227 e. The summed E-state index contributed by atoms with van der Waals surface area (Å²) < 4.78 is 5.40. The zero-order chi connectivity index (χ0) is 17.4. The second-order valence-corrected chi connectivity index (χ2v) is 7.40. The molecule has 25 heavy (non-hydrogen) atoms. The first-order valence-electron chi connectivity index (χ1n) is 9.12. The molecule has 0 bridgehead atoms. The van der Waals surface area contributed by atoms with Gasteiger partial charge in [-0.05, 0) is 31.4 Å². The molecule has 1 aliphatic carbocycles. The standard InChI is InChI=1S/C22H25NO2/c1-16-3-7-18(8-4-16)22(19-9-5-17(2)6-10-19)15-20(22)21(24)23-11-13-25-14-12-23/h3-10,20H,11-15H2,1-2H3. The number of amides is 1. The zero-order valence-electron chi connectivity index (χ0n) is 15.0. The molecule has 2 aliphatic rings. The van der Waals surface area contributed by atoms with Gasteiger partial charge in [0.15, 0.2) is 0 Å². The van der Waals surface area contributed by atoms with Gasteiger partial charge in [0.2, 0.25) is 5.91 Å². The lowest BCUT2D eigenvalue weighted by molar-refractivity contribution is -0.137. The molecule has 0 N–H and O–H groups in total. The normalized spacial score (nSPS) is 21.8. The molecule has 3 heteroatoms. The highest BCUT2D eigenvalue weighted by Crippen LogP contribution is 2.59. The molecule has 1 saturated heterocycles. The van der Waals surface area contributed by atoms with Crippen molar-refractivity contribution < 1.29 is 9.53 Å². The van der Waals surface area contributed by atoms with Crippen LogP contribution in [0.1, 0.15) is 28.7 Å². The Hall–Kier alpha value is -2.13. The van der Waals surface area contributed by atoms with E-state index in [1.165, 1.54) is 22.3 Å². The Kier molecular flexibility index (Phi) is 4.12. The van der Waals surface area contributed by atoms with Crippen LogP contribution in [0, 0.1) is 19.8 Å². The van der Waals surface area contributed by atoms with Crippen molar-refractivity contribution in [2.45, 2.75) is 25.7 Å². The molecule has 1 unspecified atom stereocenters. The number of carbonyl (C=O) groups excluding carboxylic acids is 1. The van der Waals surface area contributed by atoms with Crippen LogP contribution in [0.15, 0.2) is 48.5 Å². The quantitative estimate of drug-likeness (QED) is 0.859. The molecule has 0 aromatic heterocycles. The second kappa shape index (κ2) is 6.30. The minimum atomic E-state index is -0.170. The van der Waals surface area contributed by atoms with E-state index in [4.69, 9.17) is 4.74 Å². The van der Waals surface area contributed by atoms with E-state index in [1.54, 1.807) is 0 Å². The first-order chi connectivity index (χ1) is 12.1. The molecule has 4 rings (SSSR count). The van der Waals surface area contributed by atoms with Crippen molar-refractivity contribution in [1.82, 2.24) is 4.90 Å². The van der Waals surface area contributed by atoms with Crippen LogP contribution in [0.3, 0.4) is 0 Å². The summed E-state index contributed by atoms with van der Waals surface area (Å²) >= 11 is 0. The van der Waals surface area contributed by atoms with E-state index >= 15 is 0 Å². The van der Waals surface area contributed by atoms with E-state index < -0.39 is 0 Å². The summed E-state index contributed by atoms with van der Waals surface area (Å²) in [6.45, 7) is 6.94. The van der Waals surface area contributed by atoms with Gasteiger partial charge >= 0.3 is 0 Å². The highest BCUT2D eigenvalue weighted by atomic mass is 16.5. The van der Waals surface area contributed by atoms with Gasteiger partial charge in [-0.25, -0.2) is 0 Å². The molecule has 1 heterocycles. The highest BCUT2D eigenvalue weighted by Gasteiger charge is 2.61. The topological polar surface area (TPSA) is 29.5 Å². The Morgan fingerprint density at radius 2 is 1.40 bits per heavy atom. The van der Waals surface area contributed by atoms with Gasteiger partial charge in [-0.3, -0.25) is 4.79 Å². The summed E-state index contributed by atoms with van der Waals surface area (Å²) in [5.41, 5.74) is 4.85. The van der Waals surface area contributed by atoms with Gasteiger partial charge in [-0.15, -0.1) is 0 Å². The molecule has 130 valence electrons. The van der Waals surface area contributed by atoms with Crippen molar-refractivity contribution in [2.75, 3.05) is 26.3 Å². The fourth-order valence-electron chi connectivity index (χ4n) is 4.07. The van der Waals surface area contributed by atoms with E-state index in [-0.39, 0.29) is 17.2 Å². The van der Waals surface area contributed by atoms with Gasteiger partial charge < -0.3 is 9.64 Å². The molecule has 1 aliphatic heterocycles. The van der Waals surface area contributed by atoms with E-state index in [0.29, 0.717) is 26.3 Å². The lowest BCUT2D eigenvalue weighted by Gasteiger charge is -2.28. The summed E-state index contributed by atoms with van der Waals surface area (Å²) in [6.07, 6.45) is 0.898. The summed E-state index contributed by atoms with van der Waals surface area (Å²) in [5, 5.41) is 0. The number of rotatable bonds is 3. The molecule has 2 fully saturated rings. The summed E-state index contributed by atoms with van der Waals surface area (Å²) in [5.74, 6) is 0.320. The first-order valence-corrected chi connectivity index (χ1v) is 9.12. The van der Waals surface area contributed by atoms with Gasteiger partial charge in [-0.2, -0.15) is 0 Å². The molecule has 0 spiro atoms. The van der Waals surface area contributed by atoms with E-state index in [9.17, 15) is 4.79 Å². The number of carbonyl (C=O) groups is 1. The van der Waals surface area contributed by atoms with Crippen LogP contribution >= 0.6 is 0 Å². The third kappa shape index (κ3) is 2.87. The van der Waals surface area contributed by atoms with Crippen LogP contribution in [0.4, 0.5) is 0 Å². The maximum Gasteiger partial charge on any atom is 0.227 e. The van der Waals surface area contributed by atoms with Crippen molar-refractivity contribution >= 4 is 5.91 Å². The van der Waals surface area contributed by atoms with E-state index in [1.807, 2.05) is 4.90 Å². The number of hydrogen-bond donors (Lipinski definition) is 0. The summed E-state index contributed by atoms with van der Waals surface area (Å²) in [7, 11) is 0. The van der Waals surface area contributed by atoms with Crippen LogP contribution < -0.4 is 0 Å². The Bertz CT molecular complexity index is 712. The van der Waals surface area contributed by atoms with Crippen LogP contribution in [0.2, 0.25) is 0 Å². The van der Waals surface area contributed by atoms with E-state index in [0.717, 1.165) is 6.42 Å². The number of aryl methyl sites for hydroxylation is 2. The van der Waals surface area contributed by atoms with Crippen LogP contribution in [0.5, 0.6) is 0 Å². The Balaban J connectivity index is 1.70. The van der Waals surface area contributed by atoms with Gasteiger partial charge in [0.1, 0.15) is 0 Å². The number of ether oxygens (including phenoxy) is 1. The average Bonchev–Trinajstić information content (AvgIpc) is 3.40. The molecular weight excluding hydrogens is 310 g/mol. The summed E-state index contributed by atoms with van der Waals surface area (Å²) in [4.78, 5) is 15.1. The maximum atomic E-state index is 13.1. The van der Waals surface area contributed by atoms with E-state index in [2.05, 4.69) is 62.4 Å². The molecule has 1 amide bonds. The number of hydrogen-bond acceptors (Lipinski definition) is 2. The number of nitrogens with zero attached hydrogens (tertiary/aromatic N) is 1. The minimum Gasteiger partial charge on any atom is -0.378 e. The number of morpholine rings is 1. The van der Waals surface area contributed by atoms with Crippen molar-refractivity contribution in [3.05, 3.63) is 70.8 Å². The Morgan fingerprint density at radius 3 is 1.88 bits per heavy atom. The highest BCUT2D eigenvalue weighted by molar-refractivity contribution is 5.86. The maximum absolute atomic E-state index is 13.1. The minimum absolute atomic E-state index is 0.0380. The van der Waals surface area contributed by atoms with Crippen molar-refractivity contribution in [3.63, 3.8) is 0 Å². The second-order valence-electron chi connectivity index (χ2n) is 7.40. The third-order valence-electron chi connectivity index (χ3n) is 5.72. The van der Waals surface area contributed by atoms with Crippen molar-refractivity contribution in [3.8, 4) is 0 Å². The fourth-order valence-corrected chi connectivity index (χ4v) is 4.07. The zero-order valence-corrected chi connectivity index (χ0v) is 15.0. The molecule has 1 atom stereocenters. The lowest BCUT2D eigenvalue weighted by Crippen LogP contribution is -2.42. The summed E-state index contributed by atoms with van der Waals surface area (Å²) in [6, 6.07) is 17.4. The predicted molar refractivity (Wildman–Crippen MR) is 98.6 cm³/mol. The third-order valence-corrected chi connectivity index (χ3v) is 5.72. The Labute approximate surface area is 149 Å². The molecule has 0 radical (unpaired) electrons. The Morgan fingerprint density at radius 1 is 0.920 bits per heavy atom. The van der Waals surface area contributed by atoms with Crippen molar-refractivity contribution in [1.29, 1.82) is 0 Å². The SMILES string of the molecule is Cc1ccc(C2(c3ccc(C)cc3)CC2C(=O)N2CCOCC2)cc1. The van der Waals surface area contributed by atoms with Crippen LogP contribution in [0.25, 0.3) is 0 Å². The van der Waals surface area contributed by atoms with Gasteiger partial charge in [0, 0.05) is 18.5 Å². The molecular formula is C22H25NO2. The van der Waals surface area contributed by atoms with Gasteiger partial charge in [0.05, 0.1) is 19.1 Å². The lowest BCUT2D eigenvalue weighted by atomic mass is 9.84. The van der Waals surface area contributed by atoms with Gasteiger partial charge in [0.25, 0.3) is 0 Å². The molecule has 1 saturated carbocycles. The molecule has 2 aromatic carbocycles. The van der Waals surface area contributed by atoms with Crippen molar-refractivity contribution in [2.24, 2.45) is 5.92 Å². The van der Waals surface area contributed by atoms with Crippen LogP contribution in [-0.2, 0) is 14.9 Å². The monoisotopic (exact) mass is 335 g/mol. The van der Waals surface area contributed by atoms with Crippen LogP contribution in [-0.4, -0.2) is 37.1 Å². The number of benzene rings is 2.